The summed E-state index contributed by atoms with van der Waals surface area (Å²) < 4.78 is 38.0. The van der Waals surface area contributed by atoms with E-state index in [2.05, 4.69) is 6.92 Å². The molecule has 0 aromatic heterocycles. The van der Waals surface area contributed by atoms with Gasteiger partial charge in [-0.2, -0.15) is 8.78 Å². The lowest BCUT2D eigenvalue weighted by Crippen LogP contribution is -2.12. The molecule has 3 heteroatoms. The minimum absolute atomic E-state index is 0.0361. The number of hydrogen-bond acceptors (Lipinski definition) is 0. The van der Waals surface area contributed by atoms with Crippen LogP contribution in [0.3, 0.4) is 0 Å². The van der Waals surface area contributed by atoms with E-state index in [4.69, 9.17) is 0 Å². The molecule has 1 aliphatic rings. The number of hydrogen-bond donors (Lipinski definition) is 0. The Balaban J connectivity index is 2.10. The summed E-state index contributed by atoms with van der Waals surface area (Å²) in [6, 6.07) is 4.66. The number of benzene rings is 1. The summed E-state index contributed by atoms with van der Waals surface area (Å²) in [6.07, 6.45) is 4.44. The van der Waals surface area contributed by atoms with Gasteiger partial charge in [0.2, 0.25) is 0 Å². The molecular weight excluding hydrogens is 249 g/mol. The molecule has 0 heterocycles. The Hall–Kier alpha value is -1.25. The van der Waals surface area contributed by atoms with E-state index in [1.54, 1.807) is 6.07 Å². The Morgan fingerprint density at radius 1 is 1.21 bits per heavy atom. The van der Waals surface area contributed by atoms with Gasteiger partial charge in [0, 0.05) is 11.6 Å². The predicted octanol–water partition coefficient (Wildman–Crippen LogP) is 5.75. The third kappa shape index (κ3) is 3.62. The van der Waals surface area contributed by atoms with E-state index >= 15 is 0 Å². The van der Waals surface area contributed by atoms with Gasteiger partial charge in [-0.15, -0.1) is 0 Å². The largest absolute Gasteiger partial charge is 0.271 e. The summed E-state index contributed by atoms with van der Waals surface area (Å²) in [5.41, 5.74) is 0.912. The summed E-state index contributed by atoms with van der Waals surface area (Å²) in [5.74, 6) is 0.623. The maximum Gasteiger partial charge on any atom is 0.271 e. The normalized spacial score (nSPS) is 23.2. The van der Waals surface area contributed by atoms with Gasteiger partial charge in [-0.05, 0) is 49.1 Å². The zero-order chi connectivity index (χ0) is 13.8. The van der Waals surface area contributed by atoms with Crippen molar-refractivity contribution in [3.8, 4) is 0 Å². The van der Waals surface area contributed by atoms with Crippen molar-refractivity contribution in [1.29, 1.82) is 0 Å². The van der Waals surface area contributed by atoms with Gasteiger partial charge >= 0.3 is 0 Å². The van der Waals surface area contributed by atoms with Crippen molar-refractivity contribution in [3.05, 3.63) is 41.2 Å². The van der Waals surface area contributed by atoms with Crippen LogP contribution in [0.25, 0.3) is 6.08 Å². The SMILES string of the molecule is CCC1CCC(c2ccc(C=C(F)F)c(F)c2)CC1. The fourth-order valence-electron chi connectivity index (χ4n) is 2.94. The molecule has 0 amide bonds. The Labute approximate surface area is 112 Å². The van der Waals surface area contributed by atoms with Crippen LogP contribution in [-0.2, 0) is 0 Å². The lowest BCUT2D eigenvalue weighted by atomic mass is 9.78. The molecule has 0 atom stereocenters. The van der Waals surface area contributed by atoms with E-state index < -0.39 is 11.9 Å². The molecule has 0 unspecified atom stereocenters. The quantitative estimate of drug-likeness (QED) is 0.655. The molecule has 1 aliphatic carbocycles. The van der Waals surface area contributed by atoms with Crippen molar-refractivity contribution in [2.45, 2.75) is 44.9 Å². The summed E-state index contributed by atoms with van der Waals surface area (Å²) in [6.45, 7) is 2.21. The smallest absolute Gasteiger partial charge is 0.206 e. The highest BCUT2D eigenvalue weighted by Gasteiger charge is 2.21. The Bertz CT molecular complexity index is 453. The van der Waals surface area contributed by atoms with Crippen LogP contribution in [-0.4, -0.2) is 0 Å². The van der Waals surface area contributed by atoms with E-state index in [0.29, 0.717) is 12.0 Å². The van der Waals surface area contributed by atoms with Crippen molar-refractivity contribution < 1.29 is 13.2 Å². The molecule has 19 heavy (non-hydrogen) atoms. The molecule has 0 N–H and O–H groups in total. The minimum atomic E-state index is -1.87. The molecule has 1 fully saturated rings. The lowest BCUT2D eigenvalue weighted by molar-refractivity contribution is 0.318. The average molecular weight is 268 g/mol. The number of rotatable bonds is 3. The lowest BCUT2D eigenvalue weighted by Gasteiger charge is -2.28. The maximum absolute atomic E-state index is 13.7. The average Bonchev–Trinajstić information content (AvgIpc) is 2.41. The van der Waals surface area contributed by atoms with E-state index in [-0.39, 0.29) is 5.56 Å². The first-order valence-corrected chi connectivity index (χ1v) is 6.92. The van der Waals surface area contributed by atoms with Gasteiger partial charge in [0.1, 0.15) is 5.82 Å². The highest BCUT2D eigenvalue weighted by atomic mass is 19.3. The summed E-state index contributed by atoms with van der Waals surface area (Å²) in [5, 5.41) is 0. The van der Waals surface area contributed by atoms with E-state index in [1.165, 1.54) is 31.4 Å². The first kappa shape index (κ1) is 14.2. The highest BCUT2D eigenvalue weighted by molar-refractivity contribution is 5.51. The zero-order valence-electron chi connectivity index (χ0n) is 11.1. The summed E-state index contributed by atoms with van der Waals surface area (Å²) >= 11 is 0. The van der Waals surface area contributed by atoms with Crippen molar-refractivity contribution in [1.82, 2.24) is 0 Å². The van der Waals surface area contributed by atoms with Crippen LogP contribution in [0.5, 0.6) is 0 Å². The zero-order valence-corrected chi connectivity index (χ0v) is 11.1. The van der Waals surface area contributed by atoms with Crippen LogP contribution in [0.1, 0.15) is 56.1 Å². The van der Waals surface area contributed by atoms with Gasteiger partial charge in [0.05, 0.1) is 0 Å². The molecule has 0 nitrogen and oxygen atoms in total. The van der Waals surface area contributed by atoms with Gasteiger partial charge in [-0.25, -0.2) is 4.39 Å². The molecule has 0 radical (unpaired) electrons. The highest BCUT2D eigenvalue weighted by Crippen LogP contribution is 2.37. The van der Waals surface area contributed by atoms with Gasteiger partial charge in [-0.3, -0.25) is 0 Å². The molecule has 0 bridgehead atoms. The first-order valence-electron chi connectivity index (χ1n) is 6.92. The summed E-state index contributed by atoms with van der Waals surface area (Å²) in [7, 11) is 0. The number of halogens is 3. The maximum atomic E-state index is 13.7. The Morgan fingerprint density at radius 2 is 1.89 bits per heavy atom. The van der Waals surface area contributed by atoms with Crippen molar-refractivity contribution in [2.24, 2.45) is 5.92 Å². The molecule has 2 rings (SSSR count). The van der Waals surface area contributed by atoms with Gasteiger partial charge in [0.15, 0.2) is 0 Å². The van der Waals surface area contributed by atoms with Gasteiger partial charge < -0.3 is 0 Å². The molecular formula is C16H19F3. The summed E-state index contributed by atoms with van der Waals surface area (Å²) in [4.78, 5) is 0. The second-order valence-corrected chi connectivity index (χ2v) is 5.34. The van der Waals surface area contributed by atoms with Gasteiger partial charge in [0.25, 0.3) is 6.08 Å². The molecule has 0 aliphatic heterocycles. The molecule has 1 aromatic rings. The molecule has 0 spiro atoms. The van der Waals surface area contributed by atoms with E-state index in [9.17, 15) is 13.2 Å². The van der Waals surface area contributed by atoms with Crippen LogP contribution in [0, 0.1) is 11.7 Å². The van der Waals surface area contributed by atoms with Gasteiger partial charge in [-0.1, -0.05) is 25.5 Å². The fourth-order valence-corrected chi connectivity index (χ4v) is 2.94. The monoisotopic (exact) mass is 268 g/mol. The van der Waals surface area contributed by atoms with Crippen LogP contribution in [0.4, 0.5) is 13.2 Å². The van der Waals surface area contributed by atoms with E-state index in [0.717, 1.165) is 24.3 Å². The third-order valence-electron chi connectivity index (χ3n) is 4.18. The predicted molar refractivity (Wildman–Crippen MR) is 71.6 cm³/mol. The van der Waals surface area contributed by atoms with Crippen LogP contribution < -0.4 is 0 Å². The van der Waals surface area contributed by atoms with Crippen LogP contribution in [0.15, 0.2) is 24.3 Å². The Morgan fingerprint density at radius 3 is 2.42 bits per heavy atom. The van der Waals surface area contributed by atoms with Crippen molar-refractivity contribution in [2.75, 3.05) is 0 Å². The van der Waals surface area contributed by atoms with E-state index in [1.807, 2.05) is 0 Å². The second kappa shape index (κ2) is 6.27. The minimum Gasteiger partial charge on any atom is -0.206 e. The molecule has 1 aromatic carbocycles. The fraction of sp³-hybridized carbons (Fsp3) is 0.500. The molecule has 104 valence electrons. The standard InChI is InChI=1S/C16H19F3/c1-2-11-3-5-12(6-4-11)13-7-8-14(10-16(18)19)15(17)9-13/h7-12H,2-6H2,1H3. The van der Waals surface area contributed by atoms with Crippen molar-refractivity contribution in [3.63, 3.8) is 0 Å². The first-order chi connectivity index (χ1) is 9.10. The van der Waals surface area contributed by atoms with Crippen LogP contribution in [0.2, 0.25) is 0 Å². The van der Waals surface area contributed by atoms with Crippen LogP contribution >= 0.6 is 0 Å². The Kier molecular flexibility index (Phi) is 4.67. The third-order valence-corrected chi connectivity index (χ3v) is 4.18. The molecule has 0 saturated heterocycles. The topological polar surface area (TPSA) is 0 Å². The molecule has 1 saturated carbocycles. The van der Waals surface area contributed by atoms with Crippen molar-refractivity contribution >= 4 is 6.08 Å². The second-order valence-electron chi connectivity index (χ2n) is 5.34.